The van der Waals surface area contributed by atoms with Crippen LogP contribution in [-0.2, 0) is 0 Å². The molecule has 6 heteroatoms. The fourth-order valence-electron chi connectivity index (χ4n) is 3.79. The SMILES string of the molecule is ClC1=C(Cl)[C@]2(Cl)[C@@H]3CCC=CCC[C@@H]3[C@@]1(Cl)C2(Cl)Cl. The van der Waals surface area contributed by atoms with Gasteiger partial charge in [-0.2, -0.15) is 0 Å². The molecule has 1 saturated carbocycles. The zero-order valence-electron chi connectivity index (χ0n) is 9.91. The van der Waals surface area contributed by atoms with Gasteiger partial charge in [0.15, 0.2) is 4.33 Å². The number of fused-ring (bicyclic) bond motifs is 5. The van der Waals surface area contributed by atoms with Crippen molar-refractivity contribution in [2.75, 3.05) is 0 Å². The third kappa shape index (κ3) is 1.57. The lowest BCUT2D eigenvalue weighted by molar-refractivity contribution is 0.289. The molecular formula is C13H12Cl6. The van der Waals surface area contributed by atoms with Gasteiger partial charge in [0.25, 0.3) is 0 Å². The minimum Gasteiger partial charge on any atom is -0.109 e. The van der Waals surface area contributed by atoms with Crippen LogP contribution in [0.3, 0.4) is 0 Å². The Balaban J connectivity index is 2.18. The molecule has 0 unspecified atom stereocenters. The van der Waals surface area contributed by atoms with E-state index in [-0.39, 0.29) is 11.8 Å². The molecule has 1 fully saturated rings. The van der Waals surface area contributed by atoms with E-state index in [0.29, 0.717) is 10.1 Å². The van der Waals surface area contributed by atoms with Gasteiger partial charge in [0.2, 0.25) is 0 Å². The molecule has 2 bridgehead atoms. The Bertz CT molecular complexity index is 442. The highest BCUT2D eigenvalue weighted by molar-refractivity contribution is 6.65. The van der Waals surface area contributed by atoms with Crippen LogP contribution in [-0.4, -0.2) is 14.1 Å². The second-order valence-electron chi connectivity index (χ2n) is 5.46. The maximum absolute atomic E-state index is 6.78. The molecule has 19 heavy (non-hydrogen) atoms. The van der Waals surface area contributed by atoms with Crippen LogP contribution in [0.1, 0.15) is 25.7 Å². The quantitative estimate of drug-likeness (QED) is 0.347. The molecule has 3 aliphatic rings. The molecule has 0 radical (unpaired) electrons. The Morgan fingerprint density at radius 3 is 1.53 bits per heavy atom. The van der Waals surface area contributed by atoms with Crippen molar-refractivity contribution in [2.24, 2.45) is 11.8 Å². The fourth-order valence-corrected chi connectivity index (χ4v) is 6.94. The molecule has 0 spiro atoms. The summed E-state index contributed by atoms with van der Waals surface area (Å²) in [5.41, 5.74) is 0. The van der Waals surface area contributed by atoms with Crippen LogP contribution in [0.5, 0.6) is 0 Å². The van der Waals surface area contributed by atoms with E-state index in [0.717, 1.165) is 25.7 Å². The highest BCUT2D eigenvalue weighted by Gasteiger charge is 2.81. The van der Waals surface area contributed by atoms with Gasteiger partial charge in [0.05, 0.1) is 10.1 Å². The summed E-state index contributed by atoms with van der Waals surface area (Å²) in [7, 11) is 0. The lowest BCUT2D eigenvalue weighted by Gasteiger charge is -2.37. The standard InChI is InChI=1S/C13H12Cl6/c14-9-10(15)12(17)8-6-4-2-1-3-5-7(8)11(9,16)13(12,18)19/h1-2,7-8H,3-6H2/t7-,8+,11-,12+. The summed E-state index contributed by atoms with van der Waals surface area (Å²) < 4.78 is -1.38. The Hall–Kier alpha value is 1.22. The van der Waals surface area contributed by atoms with Crippen LogP contribution >= 0.6 is 69.6 Å². The molecule has 4 atom stereocenters. The van der Waals surface area contributed by atoms with Gasteiger partial charge >= 0.3 is 0 Å². The molecule has 3 rings (SSSR count). The van der Waals surface area contributed by atoms with Gasteiger partial charge in [-0.05, 0) is 37.5 Å². The van der Waals surface area contributed by atoms with Crippen molar-refractivity contribution in [3.63, 3.8) is 0 Å². The van der Waals surface area contributed by atoms with E-state index in [9.17, 15) is 0 Å². The smallest absolute Gasteiger partial charge is 0.109 e. The molecule has 0 aliphatic heterocycles. The minimum atomic E-state index is -1.38. The van der Waals surface area contributed by atoms with Crippen LogP contribution in [0, 0.1) is 11.8 Å². The van der Waals surface area contributed by atoms with E-state index in [4.69, 9.17) is 69.6 Å². The Morgan fingerprint density at radius 2 is 1.16 bits per heavy atom. The number of halogens is 6. The fraction of sp³-hybridized carbons (Fsp3) is 0.692. The minimum absolute atomic E-state index is 0.0432. The van der Waals surface area contributed by atoms with Crippen molar-refractivity contribution in [1.82, 2.24) is 0 Å². The molecule has 3 aliphatic carbocycles. The number of allylic oxidation sites excluding steroid dienone is 4. The van der Waals surface area contributed by atoms with E-state index in [1.165, 1.54) is 0 Å². The van der Waals surface area contributed by atoms with Crippen LogP contribution in [0.2, 0.25) is 0 Å². The van der Waals surface area contributed by atoms with E-state index in [1.807, 2.05) is 0 Å². The maximum Gasteiger partial charge on any atom is 0.166 e. The van der Waals surface area contributed by atoms with Crippen LogP contribution in [0.4, 0.5) is 0 Å². The normalized spacial score (nSPS) is 48.1. The largest absolute Gasteiger partial charge is 0.166 e. The summed E-state index contributed by atoms with van der Waals surface area (Å²) in [4.78, 5) is -2.15. The molecule has 0 nitrogen and oxygen atoms in total. The van der Waals surface area contributed by atoms with Crippen LogP contribution in [0.15, 0.2) is 22.2 Å². The number of hydrogen-bond donors (Lipinski definition) is 0. The molecule has 0 aromatic heterocycles. The number of alkyl halides is 4. The van der Waals surface area contributed by atoms with Crippen molar-refractivity contribution >= 4 is 69.6 Å². The molecule has 0 aromatic rings. The average molecular weight is 381 g/mol. The number of hydrogen-bond acceptors (Lipinski definition) is 0. The van der Waals surface area contributed by atoms with Gasteiger partial charge in [-0.1, -0.05) is 58.6 Å². The maximum atomic E-state index is 6.78. The van der Waals surface area contributed by atoms with Gasteiger partial charge in [0, 0.05) is 0 Å². The Morgan fingerprint density at radius 1 is 0.789 bits per heavy atom. The average Bonchev–Trinajstić information content (AvgIpc) is 2.50. The van der Waals surface area contributed by atoms with Gasteiger partial charge < -0.3 is 0 Å². The summed E-state index contributed by atoms with van der Waals surface area (Å²) in [6.45, 7) is 0. The third-order valence-corrected chi connectivity index (χ3v) is 9.06. The van der Waals surface area contributed by atoms with Crippen molar-refractivity contribution < 1.29 is 0 Å². The lowest BCUT2D eigenvalue weighted by atomic mass is 9.76. The molecule has 106 valence electrons. The second-order valence-corrected chi connectivity index (χ2v) is 8.74. The summed E-state index contributed by atoms with van der Waals surface area (Å²) in [6, 6.07) is 0. The van der Waals surface area contributed by atoms with Crippen molar-refractivity contribution in [3.05, 3.63) is 22.2 Å². The van der Waals surface area contributed by atoms with Crippen molar-refractivity contribution in [2.45, 2.75) is 39.8 Å². The molecular weight excluding hydrogens is 369 g/mol. The van der Waals surface area contributed by atoms with Crippen LogP contribution < -0.4 is 0 Å². The first-order valence-electron chi connectivity index (χ1n) is 6.26. The molecule has 0 N–H and O–H groups in total. The van der Waals surface area contributed by atoms with E-state index in [1.54, 1.807) is 0 Å². The predicted molar refractivity (Wildman–Crippen MR) is 84.9 cm³/mol. The first kappa shape index (κ1) is 15.1. The van der Waals surface area contributed by atoms with Gasteiger partial charge in [0.1, 0.15) is 9.75 Å². The zero-order chi connectivity index (χ0) is 14.1. The monoisotopic (exact) mass is 378 g/mol. The lowest BCUT2D eigenvalue weighted by Crippen LogP contribution is -2.44. The van der Waals surface area contributed by atoms with Gasteiger partial charge in [-0.3, -0.25) is 0 Å². The summed E-state index contributed by atoms with van der Waals surface area (Å²) in [5, 5.41) is 0.642. The summed E-state index contributed by atoms with van der Waals surface area (Å²) in [5.74, 6) is 0.0863. The third-order valence-electron chi connectivity index (χ3n) is 4.71. The van der Waals surface area contributed by atoms with Crippen molar-refractivity contribution in [3.8, 4) is 0 Å². The van der Waals surface area contributed by atoms with E-state index in [2.05, 4.69) is 12.2 Å². The molecule has 0 amide bonds. The first-order chi connectivity index (χ1) is 8.79. The summed E-state index contributed by atoms with van der Waals surface area (Å²) in [6.07, 6.45) is 7.89. The van der Waals surface area contributed by atoms with Gasteiger partial charge in [-0.15, -0.1) is 23.2 Å². The second kappa shape index (κ2) is 4.61. The highest BCUT2D eigenvalue weighted by Crippen LogP contribution is 2.77. The van der Waals surface area contributed by atoms with E-state index >= 15 is 0 Å². The number of rotatable bonds is 0. The van der Waals surface area contributed by atoms with E-state index < -0.39 is 14.1 Å². The van der Waals surface area contributed by atoms with Crippen LogP contribution in [0.25, 0.3) is 0 Å². The topological polar surface area (TPSA) is 0 Å². The Kier molecular flexibility index (Phi) is 3.67. The summed E-state index contributed by atoms with van der Waals surface area (Å²) >= 11 is 39.3. The Labute approximate surface area is 143 Å². The predicted octanol–water partition coefficient (Wildman–Crippen LogP) is 6.19. The molecule has 0 heterocycles. The highest BCUT2D eigenvalue weighted by atomic mass is 35.5. The van der Waals surface area contributed by atoms with Gasteiger partial charge in [-0.25, -0.2) is 0 Å². The zero-order valence-corrected chi connectivity index (χ0v) is 14.4. The van der Waals surface area contributed by atoms with Crippen molar-refractivity contribution in [1.29, 1.82) is 0 Å². The molecule has 0 saturated heterocycles. The first-order valence-corrected chi connectivity index (χ1v) is 8.53. The molecule has 0 aromatic carbocycles.